The molecule has 0 saturated carbocycles. The standard InChI is InChI=1S/C28H33N5/c1-20-4-6-22(7-5-20)27(2,3)23-8-10-24(11-9-23)32-13-12-25-21(15-32)14-30-26(31-25)33-18-28(19-33)16-29-17-28/h4-11,14,29H,12-13,15-19H2,1-3H3. The molecule has 1 spiro atoms. The van der Waals surface area contributed by atoms with E-state index in [0.717, 1.165) is 51.6 Å². The SMILES string of the molecule is Cc1ccc(C(C)(C)c2ccc(N3CCc4nc(N5CC6(CNC6)C5)ncc4C3)cc2)cc1. The van der Waals surface area contributed by atoms with Gasteiger partial charge < -0.3 is 15.1 Å². The highest BCUT2D eigenvalue weighted by Gasteiger charge is 2.48. The van der Waals surface area contributed by atoms with E-state index >= 15 is 0 Å². The maximum Gasteiger partial charge on any atom is 0.225 e. The lowest BCUT2D eigenvalue weighted by Crippen LogP contribution is -2.71. The van der Waals surface area contributed by atoms with Gasteiger partial charge in [-0.05, 0) is 30.2 Å². The zero-order valence-electron chi connectivity index (χ0n) is 19.9. The van der Waals surface area contributed by atoms with E-state index in [2.05, 4.69) is 90.6 Å². The molecule has 1 N–H and O–H groups in total. The van der Waals surface area contributed by atoms with Crippen molar-refractivity contribution in [1.29, 1.82) is 0 Å². The lowest BCUT2D eigenvalue weighted by atomic mass is 9.75. The Morgan fingerprint density at radius 1 is 0.909 bits per heavy atom. The predicted octanol–water partition coefficient (Wildman–Crippen LogP) is 4.08. The van der Waals surface area contributed by atoms with Crippen molar-refractivity contribution >= 4 is 11.6 Å². The minimum Gasteiger partial charge on any atom is -0.367 e. The van der Waals surface area contributed by atoms with E-state index in [0.29, 0.717) is 5.41 Å². The molecule has 33 heavy (non-hydrogen) atoms. The summed E-state index contributed by atoms with van der Waals surface area (Å²) in [6, 6.07) is 18.0. The van der Waals surface area contributed by atoms with E-state index in [1.807, 2.05) is 0 Å². The summed E-state index contributed by atoms with van der Waals surface area (Å²) in [5, 5.41) is 3.40. The first-order valence-electron chi connectivity index (χ1n) is 12.2. The van der Waals surface area contributed by atoms with Crippen LogP contribution in [0.5, 0.6) is 0 Å². The Labute approximate surface area is 196 Å². The number of benzene rings is 2. The molecule has 3 aliphatic rings. The molecule has 4 heterocycles. The average Bonchev–Trinajstić information content (AvgIpc) is 2.77. The fraction of sp³-hybridized carbons (Fsp3) is 0.429. The summed E-state index contributed by atoms with van der Waals surface area (Å²) < 4.78 is 0. The van der Waals surface area contributed by atoms with Gasteiger partial charge in [0.1, 0.15) is 0 Å². The molecular formula is C28H33N5. The second kappa shape index (κ2) is 7.56. The number of nitrogens with zero attached hydrogens (tertiary/aromatic N) is 4. The molecule has 0 radical (unpaired) electrons. The molecule has 2 saturated heterocycles. The van der Waals surface area contributed by atoms with Gasteiger partial charge in [0, 0.05) is 74.0 Å². The second-order valence-electron chi connectivity index (χ2n) is 10.8. The molecule has 0 unspecified atom stereocenters. The van der Waals surface area contributed by atoms with Gasteiger partial charge in [0.15, 0.2) is 0 Å². The summed E-state index contributed by atoms with van der Waals surface area (Å²) in [6.07, 6.45) is 3.03. The Bertz CT molecular complexity index is 1150. The zero-order valence-corrected chi connectivity index (χ0v) is 19.9. The van der Waals surface area contributed by atoms with Crippen LogP contribution in [0.2, 0.25) is 0 Å². The Hall–Kier alpha value is -2.92. The van der Waals surface area contributed by atoms with Gasteiger partial charge in [-0.2, -0.15) is 0 Å². The minimum atomic E-state index is -0.0179. The van der Waals surface area contributed by atoms with Crippen LogP contribution in [0.4, 0.5) is 11.6 Å². The van der Waals surface area contributed by atoms with Crippen molar-refractivity contribution in [2.75, 3.05) is 42.5 Å². The van der Waals surface area contributed by atoms with Gasteiger partial charge in [0.2, 0.25) is 5.95 Å². The van der Waals surface area contributed by atoms with Crippen molar-refractivity contribution in [1.82, 2.24) is 15.3 Å². The lowest BCUT2D eigenvalue weighted by Gasteiger charge is -2.56. The normalized spacial score (nSPS) is 19.1. The third-order valence-electron chi connectivity index (χ3n) is 7.98. The largest absolute Gasteiger partial charge is 0.367 e. The molecule has 6 rings (SSSR count). The van der Waals surface area contributed by atoms with Crippen LogP contribution in [-0.4, -0.2) is 42.7 Å². The first kappa shape index (κ1) is 20.7. The van der Waals surface area contributed by atoms with Crippen molar-refractivity contribution in [2.24, 2.45) is 5.41 Å². The summed E-state index contributed by atoms with van der Waals surface area (Å²) in [5.41, 5.74) is 8.23. The minimum absolute atomic E-state index is 0.0179. The zero-order chi connectivity index (χ0) is 22.6. The van der Waals surface area contributed by atoms with Crippen LogP contribution in [0.15, 0.2) is 54.7 Å². The van der Waals surface area contributed by atoms with Crippen molar-refractivity contribution in [2.45, 2.75) is 39.2 Å². The number of hydrogen-bond donors (Lipinski definition) is 1. The molecule has 3 aliphatic heterocycles. The molecule has 2 fully saturated rings. The van der Waals surface area contributed by atoms with E-state index in [-0.39, 0.29) is 5.41 Å². The summed E-state index contributed by atoms with van der Waals surface area (Å²) >= 11 is 0. The van der Waals surface area contributed by atoms with Crippen LogP contribution in [0.1, 0.15) is 41.8 Å². The molecule has 2 aromatic carbocycles. The smallest absolute Gasteiger partial charge is 0.225 e. The Morgan fingerprint density at radius 2 is 1.58 bits per heavy atom. The Morgan fingerprint density at radius 3 is 2.21 bits per heavy atom. The molecule has 5 nitrogen and oxygen atoms in total. The molecule has 0 bridgehead atoms. The monoisotopic (exact) mass is 439 g/mol. The van der Waals surface area contributed by atoms with Gasteiger partial charge in [-0.25, -0.2) is 9.97 Å². The van der Waals surface area contributed by atoms with Gasteiger partial charge in [0.05, 0.1) is 5.69 Å². The summed E-state index contributed by atoms with van der Waals surface area (Å²) in [5.74, 6) is 0.919. The Balaban J connectivity index is 1.15. The fourth-order valence-electron chi connectivity index (χ4n) is 5.51. The highest BCUT2D eigenvalue weighted by Crippen LogP contribution is 2.37. The van der Waals surface area contributed by atoms with Gasteiger partial charge in [0.25, 0.3) is 0 Å². The van der Waals surface area contributed by atoms with E-state index in [1.54, 1.807) is 0 Å². The van der Waals surface area contributed by atoms with Crippen LogP contribution in [0.3, 0.4) is 0 Å². The van der Waals surface area contributed by atoms with Crippen molar-refractivity contribution < 1.29 is 0 Å². The highest BCUT2D eigenvalue weighted by atomic mass is 15.3. The summed E-state index contributed by atoms with van der Waals surface area (Å²) in [6.45, 7) is 13.1. The molecule has 170 valence electrons. The maximum atomic E-state index is 4.94. The number of rotatable bonds is 4. The van der Waals surface area contributed by atoms with Crippen LogP contribution >= 0.6 is 0 Å². The Kier molecular flexibility index (Phi) is 4.73. The average molecular weight is 440 g/mol. The van der Waals surface area contributed by atoms with Gasteiger partial charge >= 0.3 is 0 Å². The maximum absolute atomic E-state index is 4.94. The first-order chi connectivity index (χ1) is 15.9. The molecule has 1 aromatic heterocycles. The van der Waals surface area contributed by atoms with E-state index < -0.39 is 0 Å². The summed E-state index contributed by atoms with van der Waals surface area (Å²) in [7, 11) is 0. The molecule has 0 atom stereocenters. The van der Waals surface area contributed by atoms with Crippen molar-refractivity contribution in [3.8, 4) is 0 Å². The van der Waals surface area contributed by atoms with Crippen molar-refractivity contribution in [3.63, 3.8) is 0 Å². The van der Waals surface area contributed by atoms with Gasteiger partial charge in [-0.3, -0.25) is 0 Å². The number of hydrogen-bond acceptors (Lipinski definition) is 5. The predicted molar refractivity (Wildman–Crippen MR) is 134 cm³/mol. The third kappa shape index (κ3) is 3.59. The lowest BCUT2D eigenvalue weighted by molar-refractivity contribution is 0.119. The van der Waals surface area contributed by atoms with E-state index in [9.17, 15) is 0 Å². The van der Waals surface area contributed by atoms with E-state index in [1.165, 1.54) is 33.6 Å². The number of aryl methyl sites for hydroxylation is 1. The number of anilines is 2. The highest BCUT2D eigenvalue weighted by molar-refractivity contribution is 5.52. The number of aromatic nitrogens is 2. The quantitative estimate of drug-likeness (QED) is 0.664. The van der Waals surface area contributed by atoms with Crippen molar-refractivity contribution in [3.05, 3.63) is 82.7 Å². The first-order valence-corrected chi connectivity index (χ1v) is 12.2. The van der Waals surface area contributed by atoms with Crippen LogP contribution in [-0.2, 0) is 18.4 Å². The topological polar surface area (TPSA) is 44.3 Å². The second-order valence-corrected chi connectivity index (χ2v) is 10.8. The molecule has 0 amide bonds. The van der Waals surface area contributed by atoms with E-state index in [4.69, 9.17) is 9.97 Å². The third-order valence-corrected chi connectivity index (χ3v) is 7.98. The number of nitrogens with one attached hydrogen (secondary N) is 1. The van der Waals surface area contributed by atoms with Gasteiger partial charge in [-0.15, -0.1) is 0 Å². The number of fused-ring (bicyclic) bond motifs is 1. The van der Waals surface area contributed by atoms with Crippen LogP contribution < -0.4 is 15.1 Å². The fourth-order valence-corrected chi connectivity index (χ4v) is 5.51. The molecular weight excluding hydrogens is 406 g/mol. The molecule has 5 heteroatoms. The summed E-state index contributed by atoms with van der Waals surface area (Å²) in [4.78, 5) is 14.4. The van der Waals surface area contributed by atoms with Crippen LogP contribution in [0, 0.1) is 12.3 Å². The van der Waals surface area contributed by atoms with Crippen LogP contribution in [0.25, 0.3) is 0 Å². The molecule has 3 aromatic rings. The molecule has 0 aliphatic carbocycles. The van der Waals surface area contributed by atoms with Gasteiger partial charge in [-0.1, -0.05) is 55.8 Å².